The van der Waals surface area contributed by atoms with Crippen LogP contribution in [0.25, 0.3) is 0 Å². The lowest BCUT2D eigenvalue weighted by atomic mass is 10.1. The van der Waals surface area contributed by atoms with Crippen LogP contribution >= 0.6 is 0 Å². The minimum absolute atomic E-state index is 0.868. The highest BCUT2D eigenvalue weighted by atomic mass is 15.3. The maximum Gasteiger partial charge on any atom is 0.127 e. The zero-order valence-corrected chi connectivity index (χ0v) is 11.8. The van der Waals surface area contributed by atoms with Crippen molar-refractivity contribution in [3.05, 3.63) is 18.3 Å². The van der Waals surface area contributed by atoms with E-state index >= 15 is 0 Å². The highest BCUT2D eigenvalue weighted by molar-refractivity contribution is 5.53. The Labute approximate surface area is 115 Å². The van der Waals surface area contributed by atoms with Gasteiger partial charge >= 0.3 is 0 Å². The van der Waals surface area contributed by atoms with Gasteiger partial charge in [-0.1, -0.05) is 12.8 Å². The third-order valence-corrected chi connectivity index (χ3v) is 4.52. The summed E-state index contributed by atoms with van der Waals surface area (Å²) in [6, 6.07) is 5.13. The second-order valence-electron chi connectivity index (χ2n) is 5.61. The number of nitrogens with zero attached hydrogens (tertiary/aromatic N) is 3. The van der Waals surface area contributed by atoms with Crippen LogP contribution in [0, 0.1) is 0 Å². The van der Waals surface area contributed by atoms with Crippen LogP contribution in [-0.4, -0.2) is 49.2 Å². The summed E-state index contributed by atoms with van der Waals surface area (Å²) >= 11 is 0. The molecule has 1 aromatic rings. The van der Waals surface area contributed by atoms with Gasteiger partial charge in [0.2, 0.25) is 0 Å². The summed E-state index contributed by atoms with van der Waals surface area (Å²) in [7, 11) is 1.92. The molecule has 19 heavy (non-hydrogen) atoms. The monoisotopic (exact) mass is 260 g/mol. The molecule has 0 amide bonds. The highest BCUT2D eigenvalue weighted by Crippen LogP contribution is 2.26. The van der Waals surface area contributed by atoms with Crippen LogP contribution in [0.15, 0.2) is 18.3 Å². The number of piperazine rings is 1. The fourth-order valence-electron chi connectivity index (χ4n) is 3.37. The SMILES string of the molecule is CNc1cc(N2CCN(C3CCCC3)CC2)ccn1. The number of hydrogen-bond donors (Lipinski definition) is 1. The van der Waals surface area contributed by atoms with Gasteiger partial charge in [0.15, 0.2) is 0 Å². The molecule has 1 saturated heterocycles. The van der Waals surface area contributed by atoms with Crippen molar-refractivity contribution in [3.8, 4) is 0 Å². The predicted octanol–water partition coefficient (Wildman–Crippen LogP) is 2.19. The summed E-state index contributed by atoms with van der Waals surface area (Å²) in [6.45, 7) is 4.71. The zero-order chi connectivity index (χ0) is 13.1. The quantitative estimate of drug-likeness (QED) is 0.902. The average molecular weight is 260 g/mol. The van der Waals surface area contributed by atoms with Gasteiger partial charge in [-0.05, 0) is 18.9 Å². The summed E-state index contributed by atoms with van der Waals surface area (Å²) in [5.74, 6) is 0.954. The molecule has 0 aromatic carbocycles. The van der Waals surface area contributed by atoms with E-state index in [0.29, 0.717) is 0 Å². The smallest absolute Gasteiger partial charge is 0.127 e. The molecule has 1 aromatic heterocycles. The number of aromatic nitrogens is 1. The molecule has 1 N–H and O–H groups in total. The molecule has 2 heterocycles. The maximum absolute atomic E-state index is 4.28. The molecular weight excluding hydrogens is 236 g/mol. The Morgan fingerprint density at radius 3 is 2.58 bits per heavy atom. The molecule has 2 fully saturated rings. The summed E-state index contributed by atoms with van der Waals surface area (Å²) in [5, 5.41) is 3.11. The molecule has 0 radical (unpaired) electrons. The van der Waals surface area contributed by atoms with E-state index in [1.807, 2.05) is 13.2 Å². The fraction of sp³-hybridized carbons (Fsp3) is 0.667. The first-order chi connectivity index (χ1) is 9.36. The van der Waals surface area contributed by atoms with Crippen LogP contribution in [-0.2, 0) is 0 Å². The van der Waals surface area contributed by atoms with Gasteiger partial charge in [0.1, 0.15) is 5.82 Å². The van der Waals surface area contributed by atoms with E-state index in [2.05, 4.69) is 32.2 Å². The molecule has 1 aliphatic carbocycles. The Kier molecular flexibility index (Phi) is 3.87. The molecule has 4 heteroatoms. The lowest BCUT2D eigenvalue weighted by Crippen LogP contribution is -2.49. The summed E-state index contributed by atoms with van der Waals surface area (Å²) in [5.41, 5.74) is 1.30. The van der Waals surface area contributed by atoms with Crippen molar-refractivity contribution in [1.29, 1.82) is 0 Å². The Morgan fingerprint density at radius 1 is 1.16 bits per heavy atom. The number of hydrogen-bond acceptors (Lipinski definition) is 4. The lowest BCUT2D eigenvalue weighted by molar-refractivity contribution is 0.187. The first-order valence-electron chi connectivity index (χ1n) is 7.49. The molecule has 1 saturated carbocycles. The van der Waals surface area contributed by atoms with Crippen LogP contribution in [0.4, 0.5) is 11.5 Å². The van der Waals surface area contributed by atoms with E-state index in [0.717, 1.165) is 24.9 Å². The van der Waals surface area contributed by atoms with E-state index in [4.69, 9.17) is 0 Å². The summed E-state index contributed by atoms with van der Waals surface area (Å²) in [4.78, 5) is 9.46. The topological polar surface area (TPSA) is 31.4 Å². The lowest BCUT2D eigenvalue weighted by Gasteiger charge is -2.39. The second kappa shape index (κ2) is 5.78. The second-order valence-corrected chi connectivity index (χ2v) is 5.61. The van der Waals surface area contributed by atoms with Gasteiger partial charge < -0.3 is 10.2 Å². The van der Waals surface area contributed by atoms with E-state index in [-0.39, 0.29) is 0 Å². The minimum atomic E-state index is 0.868. The van der Waals surface area contributed by atoms with Gasteiger partial charge in [0, 0.05) is 57.2 Å². The normalized spacial score (nSPS) is 21.8. The molecule has 0 atom stereocenters. The molecule has 0 spiro atoms. The average Bonchev–Trinajstić information content (AvgIpc) is 3.02. The van der Waals surface area contributed by atoms with Crippen LogP contribution in [0.1, 0.15) is 25.7 Å². The predicted molar refractivity (Wildman–Crippen MR) is 79.8 cm³/mol. The van der Waals surface area contributed by atoms with Gasteiger partial charge in [-0.3, -0.25) is 4.90 Å². The first-order valence-corrected chi connectivity index (χ1v) is 7.49. The molecular formula is C15H24N4. The van der Waals surface area contributed by atoms with E-state index in [1.165, 1.54) is 44.5 Å². The molecule has 3 rings (SSSR count). The molecule has 1 aliphatic heterocycles. The van der Waals surface area contributed by atoms with Gasteiger partial charge in [-0.2, -0.15) is 0 Å². The maximum atomic E-state index is 4.28. The van der Waals surface area contributed by atoms with Crippen LogP contribution in [0.5, 0.6) is 0 Å². The number of pyridine rings is 1. The standard InChI is InChI=1S/C15H24N4/c1-16-15-12-14(6-7-17-15)19-10-8-18(9-11-19)13-4-2-3-5-13/h6-7,12-13H,2-5,8-11H2,1H3,(H,16,17). The van der Waals surface area contributed by atoms with Crippen molar-refractivity contribution in [1.82, 2.24) is 9.88 Å². The molecule has 2 aliphatic rings. The van der Waals surface area contributed by atoms with Crippen molar-refractivity contribution in [2.24, 2.45) is 0 Å². The number of anilines is 2. The summed E-state index contributed by atoms with van der Waals surface area (Å²) < 4.78 is 0. The van der Waals surface area contributed by atoms with Gasteiger partial charge in [-0.15, -0.1) is 0 Å². The van der Waals surface area contributed by atoms with E-state index in [9.17, 15) is 0 Å². The highest BCUT2D eigenvalue weighted by Gasteiger charge is 2.26. The van der Waals surface area contributed by atoms with E-state index in [1.54, 1.807) is 0 Å². The van der Waals surface area contributed by atoms with E-state index < -0.39 is 0 Å². The van der Waals surface area contributed by atoms with Crippen molar-refractivity contribution >= 4 is 11.5 Å². The Balaban J connectivity index is 1.59. The van der Waals surface area contributed by atoms with Crippen molar-refractivity contribution in [2.75, 3.05) is 43.4 Å². The Morgan fingerprint density at radius 2 is 1.89 bits per heavy atom. The van der Waals surface area contributed by atoms with Crippen LogP contribution in [0.3, 0.4) is 0 Å². The number of nitrogens with one attached hydrogen (secondary N) is 1. The zero-order valence-electron chi connectivity index (χ0n) is 11.8. The minimum Gasteiger partial charge on any atom is -0.373 e. The number of rotatable bonds is 3. The fourth-order valence-corrected chi connectivity index (χ4v) is 3.37. The Bertz CT molecular complexity index is 406. The molecule has 104 valence electrons. The van der Waals surface area contributed by atoms with Crippen molar-refractivity contribution in [3.63, 3.8) is 0 Å². The van der Waals surface area contributed by atoms with Crippen LogP contribution < -0.4 is 10.2 Å². The third-order valence-electron chi connectivity index (χ3n) is 4.52. The summed E-state index contributed by atoms with van der Waals surface area (Å²) in [6.07, 6.45) is 7.59. The molecule has 4 nitrogen and oxygen atoms in total. The van der Waals surface area contributed by atoms with Crippen molar-refractivity contribution in [2.45, 2.75) is 31.7 Å². The van der Waals surface area contributed by atoms with Gasteiger partial charge in [0.05, 0.1) is 0 Å². The largest absolute Gasteiger partial charge is 0.373 e. The first kappa shape index (κ1) is 12.7. The van der Waals surface area contributed by atoms with Gasteiger partial charge in [0.25, 0.3) is 0 Å². The molecule has 0 bridgehead atoms. The van der Waals surface area contributed by atoms with Gasteiger partial charge in [-0.25, -0.2) is 4.98 Å². The third kappa shape index (κ3) is 2.84. The van der Waals surface area contributed by atoms with Crippen molar-refractivity contribution < 1.29 is 0 Å². The Hall–Kier alpha value is -1.29. The van der Waals surface area contributed by atoms with Crippen LogP contribution in [0.2, 0.25) is 0 Å². The molecule has 0 unspecified atom stereocenters.